The van der Waals surface area contributed by atoms with Gasteiger partial charge in [-0.1, -0.05) is 41.9 Å². The van der Waals surface area contributed by atoms with Crippen LogP contribution in [0.4, 0.5) is 0 Å². The Kier molecular flexibility index (Phi) is 6.56. The van der Waals surface area contributed by atoms with Crippen LogP contribution >= 0.6 is 22.9 Å². The van der Waals surface area contributed by atoms with Gasteiger partial charge in [-0.2, -0.15) is 4.31 Å². The van der Waals surface area contributed by atoms with E-state index in [-0.39, 0.29) is 23.8 Å². The first-order valence-electron chi connectivity index (χ1n) is 7.10. The Hall–Kier alpha value is -1.67. The van der Waals surface area contributed by atoms with Crippen LogP contribution in [0.2, 0.25) is 5.02 Å². The molecule has 0 aliphatic heterocycles. The van der Waals surface area contributed by atoms with Gasteiger partial charge >= 0.3 is 0 Å². The van der Waals surface area contributed by atoms with Gasteiger partial charge in [-0.3, -0.25) is 4.79 Å². The van der Waals surface area contributed by atoms with E-state index in [2.05, 4.69) is 11.9 Å². The van der Waals surface area contributed by atoms with Gasteiger partial charge in [0.2, 0.25) is 5.91 Å². The number of benzene rings is 1. The molecule has 0 saturated heterocycles. The molecule has 0 saturated carbocycles. The number of nitrogens with one attached hydrogen (secondary N) is 1. The molecule has 24 heavy (non-hydrogen) atoms. The van der Waals surface area contributed by atoms with Crippen molar-refractivity contribution in [1.82, 2.24) is 9.62 Å². The van der Waals surface area contributed by atoms with Crippen molar-refractivity contribution < 1.29 is 13.2 Å². The highest BCUT2D eigenvalue weighted by Gasteiger charge is 2.26. The lowest BCUT2D eigenvalue weighted by Gasteiger charge is -2.19. The lowest BCUT2D eigenvalue weighted by atomic mass is 10.2. The summed E-state index contributed by atoms with van der Waals surface area (Å²) in [6.07, 6.45) is 1.45. The van der Waals surface area contributed by atoms with Crippen molar-refractivity contribution in [2.75, 3.05) is 13.1 Å². The fraction of sp³-hybridized carbons (Fsp3) is 0.188. The monoisotopic (exact) mass is 384 g/mol. The van der Waals surface area contributed by atoms with Crippen LogP contribution in [-0.4, -0.2) is 31.7 Å². The fourth-order valence-corrected chi connectivity index (χ4v) is 4.69. The molecule has 1 heterocycles. The number of rotatable bonds is 8. The highest BCUT2D eigenvalue weighted by Crippen LogP contribution is 2.20. The Morgan fingerprint density at radius 1 is 1.29 bits per heavy atom. The normalized spacial score (nSPS) is 11.4. The minimum atomic E-state index is -3.71. The second-order valence-electron chi connectivity index (χ2n) is 4.89. The lowest BCUT2D eigenvalue weighted by molar-refractivity contribution is -0.121. The predicted octanol–water partition coefficient (Wildman–Crippen LogP) is 2.89. The van der Waals surface area contributed by atoms with Crippen LogP contribution < -0.4 is 5.32 Å². The van der Waals surface area contributed by atoms with Crippen LogP contribution in [0.5, 0.6) is 0 Å². The van der Waals surface area contributed by atoms with Crippen molar-refractivity contribution in [2.24, 2.45) is 0 Å². The van der Waals surface area contributed by atoms with Gasteiger partial charge in [0.1, 0.15) is 4.21 Å². The van der Waals surface area contributed by atoms with Gasteiger partial charge in [0.05, 0.1) is 6.54 Å². The number of carbonyl (C=O) groups is 1. The van der Waals surface area contributed by atoms with Crippen LogP contribution in [0.1, 0.15) is 5.56 Å². The van der Waals surface area contributed by atoms with E-state index in [1.807, 2.05) is 6.07 Å². The second-order valence-corrected chi connectivity index (χ2v) is 8.41. The lowest BCUT2D eigenvalue weighted by Crippen LogP contribution is -2.40. The van der Waals surface area contributed by atoms with Crippen molar-refractivity contribution in [3.05, 3.63) is 65.0 Å². The summed E-state index contributed by atoms with van der Waals surface area (Å²) in [5.41, 5.74) is 0.768. The molecule has 8 heteroatoms. The van der Waals surface area contributed by atoms with E-state index in [0.717, 1.165) is 21.2 Å². The van der Waals surface area contributed by atoms with Gasteiger partial charge in [0.15, 0.2) is 0 Å². The molecule has 0 atom stereocenters. The minimum Gasteiger partial charge on any atom is -0.351 e. The van der Waals surface area contributed by atoms with Gasteiger partial charge in [-0.25, -0.2) is 8.42 Å². The third-order valence-electron chi connectivity index (χ3n) is 3.18. The summed E-state index contributed by atoms with van der Waals surface area (Å²) in [6, 6.07) is 10.3. The Labute approximate surface area is 150 Å². The molecule has 1 amide bonds. The summed E-state index contributed by atoms with van der Waals surface area (Å²) in [7, 11) is -3.71. The maximum Gasteiger partial charge on any atom is 0.253 e. The van der Waals surface area contributed by atoms with Crippen molar-refractivity contribution in [1.29, 1.82) is 0 Å². The third-order valence-corrected chi connectivity index (χ3v) is 6.73. The number of nitrogens with zero attached hydrogens (tertiary/aromatic N) is 1. The molecule has 0 bridgehead atoms. The van der Waals surface area contributed by atoms with Crippen LogP contribution in [-0.2, 0) is 21.4 Å². The van der Waals surface area contributed by atoms with Gasteiger partial charge in [-0.05, 0) is 23.1 Å². The van der Waals surface area contributed by atoms with Crippen molar-refractivity contribution in [2.45, 2.75) is 10.8 Å². The summed E-state index contributed by atoms with van der Waals surface area (Å²) in [6.45, 7) is 3.57. The highest BCUT2D eigenvalue weighted by molar-refractivity contribution is 7.91. The molecule has 2 aromatic rings. The number of sulfonamides is 1. The van der Waals surface area contributed by atoms with Crippen molar-refractivity contribution >= 4 is 38.9 Å². The summed E-state index contributed by atoms with van der Waals surface area (Å²) >= 11 is 7.14. The molecule has 128 valence electrons. The molecule has 1 aromatic carbocycles. The maximum atomic E-state index is 12.5. The van der Waals surface area contributed by atoms with E-state index in [1.54, 1.807) is 29.6 Å². The Morgan fingerprint density at radius 2 is 2.04 bits per heavy atom. The quantitative estimate of drug-likeness (QED) is 0.711. The number of hydrogen-bond donors (Lipinski definition) is 1. The summed E-state index contributed by atoms with van der Waals surface area (Å²) < 4.78 is 26.4. The molecular weight excluding hydrogens is 368 g/mol. The molecule has 1 aromatic heterocycles. The Bertz CT molecular complexity index is 804. The van der Waals surface area contributed by atoms with Crippen LogP contribution in [0, 0.1) is 0 Å². The van der Waals surface area contributed by atoms with E-state index >= 15 is 0 Å². The predicted molar refractivity (Wildman–Crippen MR) is 96.6 cm³/mol. The molecule has 0 fully saturated rings. The second kappa shape index (κ2) is 8.43. The first-order chi connectivity index (χ1) is 11.4. The Morgan fingerprint density at radius 3 is 2.67 bits per heavy atom. The minimum absolute atomic E-state index is 0.0553. The zero-order valence-electron chi connectivity index (χ0n) is 12.8. The molecule has 0 aliphatic carbocycles. The molecule has 0 aliphatic rings. The molecule has 2 rings (SSSR count). The zero-order chi connectivity index (χ0) is 17.6. The number of hydrogen-bond acceptors (Lipinski definition) is 4. The molecular formula is C16H17ClN2O3S2. The zero-order valence-corrected chi connectivity index (χ0v) is 15.2. The standard InChI is InChI=1S/C16H17ClN2O3S2/c1-2-9-19(24(21,22)16-8-5-10-23-16)12-15(20)18-11-13-6-3-4-7-14(13)17/h2-8,10H,1,9,11-12H2,(H,18,20). The van der Waals surface area contributed by atoms with Crippen LogP contribution in [0.25, 0.3) is 0 Å². The summed E-state index contributed by atoms with van der Waals surface area (Å²) in [5, 5.41) is 4.91. The van der Waals surface area contributed by atoms with Gasteiger partial charge in [-0.15, -0.1) is 17.9 Å². The molecule has 5 nitrogen and oxygen atoms in total. The molecule has 0 unspecified atom stereocenters. The number of halogens is 1. The Balaban J connectivity index is 2.04. The van der Waals surface area contributed by atoms with E-state index < -0.39 is 15.9 Å². The first kappa shape index (κ1) is 18.7. The maximum absolute atomic E-state index is 12.5. The number of carbonyl (C=O) groups excluding carboxylic acids is 1. The largest absolute Gasteiger partial charge is 0.351 e. The van der Waals surface area contributed by atoms with Crippen LogP contribution in [0.15, 0.2) is 58.6 Å². The fourth-order valence-electron chi connectivity index (χ4n) is 1.98. The van der Waals surface area contributed by atoms with Gasteiger partial charge in [0, 0.05) is 18.1 Å². The average molecular weight is 385 g/mol. The van der Waals surface area contributed by atoms with E-state index in [4.69, 9.17) is 11.6 Å². The van der Waals surface area contributed by atoms with Gasteiger partial charge < -0.3 is 5.32 Å². The van der Waals surface area contributed by atoms with E-state index in [9.17, 15) is 13.2 Å². The highest BCUT2D eigenvalue weighted by atomic mass is 35.5. The molecule has 1 N–H and O–H groups in total. The van der Waals surface area contributed by atoms with Gasteiger partial charge in [0.25, 0.3) is 10.0 Å². The summed E-state index contributed by atoms with van der Waals surface area (Å²) in [4.78, 5) is 12.1. The van der Waals surface area contributed by atoms with Crippen LogP contribution in [0.3, 0.4) is 0 Å². The molecule has 0 spiro atoms. The summed E-state index contributed by atoms with van der Waals surface area (Å²) in [5.74, 6) is -0.406. The molecule has 0 radical (unpaired) electrons. The number of thiophene rings is 1. The van der Waals surface area contributed by atoms with E-state index in [1.165, 1.54) is 12.1 Å². The number of amides is 1. The third kappa shape index (κ3) is 4.67. The first-order valence-corrected chi connectivity index (χ1v) is 9.79. The van der Waals surface area contributed by atoms with Crippen molar-refractivity contribution in [3.63, 3.8) is 0 Å². The van der Waals surface area contributed by atoms with Crippen molar-refractivity contribution in [3.8, 4) is 0 Å². The van der Waals surface area contributed by atoms with E-state index in [0.29, 0.717) is 5.02 Å². The SMILES string of the molecule is C=CCN(CC(=O)NCc1ccccc1Cl)S(=O)(=O)c1cccs1. The topological polar surface area (TPSA) is 66.5 Å². The smallest absolute Gasteiger partial charge is 0.253 e. The average Bonchev–Trinajstić information content (AvgIpc) is 3.09.